The molecule has 0 atom stereocenters. The summed E-state index contributed by atoms with van der Waals surface area (Å²) in [6, 6.07) is 44.8. The molecule has 0 amide bonds. The maximum absolute atomic E-state index is 13.2. The van der Waals surface area contributed by atoms with Crippen LogP contribution in [0.1, 0.15) is 149 Å². The van der Waals surface area contributed by atoms with Gasteiger partial charge in [0.15, 0.2) is 0 Å². The Morgan fingerprint density at radius 2 is 0.654 bits per heavy atom. The van der Waals surface area contributed by atoms with Crippen LogP contribution >= 0.6 is 0 Å². The minimum Gasteiger partial charge on any atom is -0.478 e. The number of rotatable bonds is 6. The van der Waals surface area contributed by atoms with Gasteiger partial charge < -0.3 is 20.2 Å². The van der Waals surface area contributed by atoms with Crippen molar-refractivity contribution in [2.45, 2.75) is 105 Å². The minimum atomic E-state index is -1.02. The molecule has 8 heteroatoms. The SMILES string of the molecule is CC(C)(C)c1cc(-c2c3nc(c(-c4cccc5cccc(C(=O)O)c45)c4ccc([nH]4)c(-c4cc(C(C)(C)C)cc(C(C)(C)C)c4)c4nc(c(-c5cccc6cccc(C(=O)O)c56)c5ccc2[nH]5)C=C4)C=C3)cc(C(C)(C)C)c1. The van der Waals surface area contributed by atoms with Gasteiger partial charge in [0, 0.05) is 55.1 Å². The number of benzene rings is 6. The van der Waals surface area contributed by atoms with Gasteiger partial charge in [-0.25, -0.2) is 19.6 Å². The van der Waals surface area contributed by atoms with Crippen molar-refractivity contribution in [3.63, 3.8) is 0 Å². The van der Waals surface area contributed by atoms with Gasteiger partial charge in [-0.2, -0.15) is 0 Å². The molecule has 0 saturated heterocycles. The summed E-state index contributed by atoms with van der Waals surface area (Å²) in [7, 11) is 0. The summed E-state index contributed by atoms with van der Waals surface area (Å²) < 4.78 is 0. The van der Waals surface area contributed by atoms with Crippen LogP contribution in [0.3, 0.4) is 0 Å². The lowest BCUT2D eigenvalue weighted by atomic mass is 9.78. The van der Waals surface area contributed by atoms with E-state index in [9.17, 15) is 19.8 Å². The van der Waals surface area contributed by atoms with Crippen molar-refractivity contribution in [3.8, 4) is 44.5 Å². The van der Waals surface area contributed by atoms with Crippen molar-refractivity contribution in [3.05, 3.63) is 190 Å². The van der Waals surface area contributed by atoms with Crippen LogP contribution in [0.25, 0.3) is 112 Å². The van der Waals surface area contributed by atoms with Gasteiger partial charge in [-0.15, -0.1) is 0 Å². The van der Waals surface area contributed by atoms with Crippen LogP contribution in [0, 0.1) is 0 Å². The fraction of sp³-hybridized carbons (Fsp3) is 0.229. The molecule has 8 bridgehead atoms. The van der Waals surface area contributed by atoms with Gasteiger partial charge in [0.25, 0.3) is 0 Å². The number of carboxylic acids is 2. The quantitative estimate of drug-likeness (QED) is 0.131. The Labute approximate surface area is 456 Å². The van der Waals surface area contributed by atoms with Gasteiger partial charge in [-0.1, -0.05) is 180 Å². The Balaban J connectivity index is 1.39. The molecule has 0 fully saturated rings. The molecule has 11 rings (SSSR count). The number of aromatic nitrogens is 4. The van der Waals surface area contributed by atoms with Gasteiger partial charge in [0.1, 0.15) is 0 Å². The first-order valence-corrected chi connectivity index (χ1v) is 26.8. The van der Waals surface area contributed by atoms with E-state index in [0.717, 1.165) is 77.3 Å². The molecular formula is C70H66N4O4. The van der Waals surface area contributed by atoms with Gasteiger partial charge >= 0.3 is 11.9 Å². The first-order valence-electron chi connectivity index (χ1n) is 26.8. The molecule has 2 aliphatic heterocycles. The van der Waals surface area contributed by atoms with Crippen molar-refractivity contribution < 1.29 is 19.8 Å². The third-order valence-corrected chi connectivity index (χ3v) is 15.5. The second kappa shape index (κ2) is 18.5. The van der Waals surface area contributed by atoms with Crippen LogP contribution in [0.2, 0.25) is 0 Å². The lowest BCUT2D eigenvalue weighted by Gasteiger charge is -2.26. The largest absolute Gasteiger partial charge is 0.478 e. The predicted molar refractivity (Wildman–Crippen MR) is 324 cm³/mol. The van der Waals surface area contributed by atoms with Gasteiger partial charge in [-0.05, 0) is 138 Å². The number of nitrogens with zero attached hydrogens (tertiary/aromatic N) is 2. The summed E-state index contributed by atoms with van der Waals surface area (Å²) in [6.07, 6.45) is 8.23. The Kier molecular flexibility index (Phi) is 12.2. The van der Waals surface area contributed by atoms with Crippen molar-refractivity contribution in [2.75, 3.05) is 0 Å². The lowest BCUT2D eigenvalue weighted by molar-refractivity contribution is 0.0688. The molecule has 78 heavy (non-hydrogen) atoms. The second-order valence-corrected chi connectivity index (χ2v) is 25.1. The van der Waals surface area contributed by atoms with E-state index in [1.807, 2.05) is 60.7 Å². The number of hydrogen-bond donors (Lipinski definition) is 4. The van der Waals surface area contributed by atoms with Crippen LogP contribution in [0.15, 0.2) is 133 Å². The van der Waals surface area contributed by atoms with E-state index >= 15 is 0 Å². The van der Waals surface area contributed by atoms with Crippen LogP contribution in [-0.2, 0) is 21.7 Å². The maximum Gasteiger partial charge on any atom is 0.336 e. The fourth-order valence-corrected chi connectivity index (χ4v) is 11.1. The molecule has 8 nitrogen and oxygen atoms in total. The molecule has 5 heterocycles. The van der Waals surface area contributed by atoms with Gasteiger partial charge in [0.2, 0.25) is 0 Å². The van der Waals surface area contributed by atoms with Crippen LogP contribution < -0.4 is 0 Å². The molecule has 2 aliphatic rings. The summed E-state index contributed by atoms with van der Waals surface area (Å²) in [4.78, 5) is 45.5. The van der Waals surface area contributed by atoms with Gasteiger partial charge in [-0.3, -0.25) is 0 Å². The molecular weight excluding hydrogens is 961 g/mol. The van der Waals surface area contributed by atoms with Crippen molar-refractivity contribution in [1.29, 1.82) is 0 Å². The molecule has 3 aromatic heterocycles. The zero-order chi connectivity index (χ0) is 55.4. The standard InChI is InChI=1S/C70H66N4O4/c1-67(2,3)43-33-41(34-44(37-43)68(4,5)6)61-51-25-29-55(71-51)63(47-21-13-17-39-19-15-23-49(59(39)47)65(75)76)57-31-27-53(73-57)62(42-35-45(69(7,8)9)38-46(36-42)70(10,11)12)54-28-32-58(74-54)64(56-30-26-52(61)72-56)48-22-14-18-40-20-16-24-50(60(40)48)66(77)78/h13-38,71,74H,1-12H3,(H,75,76)(H,77,78). The first-order chi connectivity index (χ1) is 36.8. The van der Waals surface area contributed by atoms with Crippen LogP contribution in [0.5, 0.6) is 0 Å². The van der Waals surface area contributed by atoms with E-state index in [-0.39, 0.29) is 32.8 Å². The Hall–Kier alpha value is -8.62. The summed E-state index contributed by atoms with van der Waals surface area (Å²) >= 11 is 0. The minimum absolute atomic E-state index is 0.195. The van der Waals surface area contributed by atoms with E-state index in [0.29, 0.717) is 33.5 Å². The summed E-state index contributed by atoms with van der Waals surface area (Å²) in [5.74, 6) is -2.03. The Morgan fingerprint density at radius 3 is 0.949 bits per heavy atom. The zero-order valence-corrected chi connectivity index (χ0v) is 46.6. The molecule has 9 aromatic rings. The molecule has 0 spiro atoms. The van der Waals surface area contributed by atoms with Crippen LogP contribution in [0.4, 0.5) is 0 Å². The average Bonchev–Trinajstić information content (AvgIpc) is 4.32. The van der Waals surface area contributed by atoms with Crippen molar-refractivity contribution in [1.82, 2.24) is 19.9 Å². The lowest BCUT2D eigenvalue weighted by Crippen LogP contribution is -2.16. The number of H-pyrrole nitrogens is 2. The van der Waals surface area contributed by atoms with Crippen molar-refractivity contribution >= 4 is 79.9 Å². The van der Waals surface area contributed by atoms with E-state index in [2.05, 4.69) is 166 Å². The highest BCUT2D eigenvalue weighted by Crippen LogP contribution is 2.45. The van der Waals surface area contributed by atoms with Gasteiger partial charge in [0.05, 0.1) is 33.9 Å². The van der Waals surface area contributed by atoms with Crippen molar-refractivity contribution in [2.24, 2.45) is 0 Å². The summed E-state index contributed by atoms with van der Waals surface area (Å²) in [5.41, 5.74) is 16.9. The molecule has 0 saturated carbocycles. The number of aromatic amines is 2. The molecule has 0 unspecified atom stereocenters. The molecule has 0 aliphatic carbocycles. The second-order valence-electron chi connectivity index (χ2n) is 25.1. The third kappa shape index (κ3) is 9.23. The van der Waals surface area contributed by atoms with E-state index < -0.39 is 11.9 Å². The third-order valence-electron chi connectivity index (χ3n) is 15.5. The molecule has 0 radical (unpaired) electrons. The number of carboxylic acid groups (broad SMARTS) is 2. The van der Waals surface area contributed by atoms with E-state index in [1.54, 1.807) is 24.3 Å². The number of hydrogen-bond acceptors (Lipinski definition) is 4. The zero-order valence-electron chi connectivity index (χ0n) is 46.6. The number of fused-ring (bicyclic) bond motifs is 10. The highest BCUT2D eigenvalue weighted by Gasteiger charge is 2.28. The fourth-order valence-electron chi connectivity index (χ4n) is 11.1. The summed E-state index contributed by atoms with van der Waals surface area (Å²) in [6.45, 7) is 26.8. The average molecular weight is 1030 g/mol. The Bertz CT molecular complexity index is 3900. The highest BCUT2D eigenvalue weighted by atomic mass is 16.4. The maximum atomic E-state index is 13.2. The number of nitrogens with one attached hydrogen (secondary N) is 2. The molecule has 6 aromatic carbocycles. The normalized spacial score (nSPS) is 13.0. The number of aromatic carboxylic acids is 2. The highest BCUT2D eigenvalue weighted by molar-refractivity contribution is 6.14. The topological polar surface area (TPSA) is 132 Å². The van der Waals surface area contributed by atoms with E-state index in [1.165, 1.54) is 22.3 Å². The number of carbonyl (C=O) groups is 2. The monoisotopic (exact) mass is 1030 g/mol. The Morgan fingerprint density at radius 1 is 0.372 bits per heavy atom. The van der Waals surface area contributed by atoms with E-state index in [4.69, 9.17) is 9.97 Å². The molecule has 390 valence electrons. The summed E-state index contributed by atoms with van der Waals surface area (Å²) in [5, 5.41) is 24.4. The predicted octanol–water partition coefficient (Wildman–Crippen LogP) is 18.2. The first kappa shape index (κ1) is 51.5. The smallest absolute Gasteiger partial charge is 0.336 e. The molecule has 4 N–H and O–H groups in total. The van der Waals surface area contributed by atoms with Crippen LogP contribution in [-0.4, -0.2) is 42.1 Å².